The minimum absolute atomic E-state index is 0.0709. The van der Waals surface area contributed by atoms with Crippen molar-refractivity contribution in [2.75, 3.05) is 24.6 Å². The number of hydrogen-bond donors (Lipinski definition) is 2. The molecule has 0 aromatic heterocycles. The number of nitrogens with zero attached hydrogens (tertiary/aromatic N) is 1. The molecule has 2 aliphatic rings. The number of rotatable bonds is 5. The van der Waals surface area contributed by atoms with Crippen molar-refractivity contribution >= 4 is 15.7 Å². The lowest BCUT2D eigenvalue weighted by Crippen LogP contribution is -2.63. The zero-order valence-corrected chi connectivity index (χ0v) is 12.4. The maximum absolute atomic E-state index is 11.7. The molecular weight excluding hydrogens is 266 g/mol. The summed E-state index contributed by atoms with van der Waals surface area (Å²) in [6.07, 6.45) is 2.15. The number of amides is 1. The summed E-state index contributed by atoms with van der Waals surface area (Å²) in [7, 11) is -2.93. The monoisotopic (exact) mass is 289 g/mol. The fourth-order valence-electron chi connectivity index (χ4n) is 2.55. The number of nitrogens with one attached hydrogen (secondary N) is 1. The molecular formula is C12H23N3O3S. The lowest BCUT2D eigenvalue weighted by molar-refractivity contribution is -0.124. The SMILES string of the molecule is CC1CS(=O)(=O)CCN1CC(C)(NC1CC1)C(N)=O. The first-order chi connectivity index (χ1) is 8.72. The molecule has 2 unspecified atom stereocenters. The Morgan fingerprint density at radius 2 is 2.11 bits per heavy atom. The summed E-state index contributed by atoms with van der Waals surface area (Å²) < 4.78 is 23.1. The molecule has 2 fully saturated rings. The number of carbonyl (C=O) groups is 1. The first kappa shape index (κ1) is 14.7. The van der Waals surface area contributed by atoms with Crippen LogP contribution in [-0.4, -0.2) is 61.4 Å². The van der Waals surface area contributed by atoms with Crippen LogP contribution in [0.1, 0.15) is 26.7 Å². The highest BCUT2D eigenvalue weighted by Crippen LogP contribution is 2.24. The molecule has 1 amide bonds. The molecule has 1 aliphatic carbocycles. The molecule has 6 nitrogen and oxygen atoms in total. The van der Waals surface area contributed by atoms with E-state index in [2.05, 4.69) is 5.32 Å². The quantitative estimate of drug-likeness (QED) is 0.684. The van der Waals surface area contributed by atoms with E-state index in [4.69, 9.17) is 5.73 Å². The molecule has 19 heavy (non-hydrogen) atoms. The molecule has 1 saturated heterocycles. The van der Waals surface area contributed by atoms with Crippen LogP contribution in [0, 0.1) is 0 Å². The van der Waals surface area contributed by atoms with Gasteiger partial charge in [-0.2, -0.15) is 0 Å². The highest BCUT2D eigenvalue weighted by Gasteiger charge is 2.40. The predicted octanol–water partition coefficient (Wildman–Crippen LogP) is -0.899. The lowest BCUT2D eigenvalue weighted by atomic mass is 9.99. The zero-order valence-electron chi connectivity index (χ0n) is 11.6. The van der Waals surface area contributed by atoms with Crippen LogP contribution in [0.5, 0.6) is 0 Å². The highest BCUT2D eigenvalue weighted by atomic mass is 32.2. The van der Waals surface area contributed by atoms with Gasteiger partial charge in [-0.25, -0.2) is 8.42 Å². The lowest BCUT2D eigenvalue weighted by Gasteiger charge is -2.39. The van der Waals surface area contributed by atoms with Crippen molar-refractivity contribution in [3.8, 4) is 0 Å². The third kappa shape index (κ3) is 3.67. The second kappa shape index (κ2) is 5.03. The van der Waals surface area contributed by atoms with Crippen molar-refractivity contribution in [2.45, 2.75) is 44.3 Å². The average molecular weight is 289 g/mol. The third-order valence-corrected chi connectivity index (χ3v) is 5.77. The fraction of sp³-hybridized carbons (Fsp3) is 0.917. The summed E-state index contributed by atoms with van der Waals surface area (Å²) in [5.74, 6) is -0.0547. The van der Waals surface area contributed by atoms with Gasteiger partial charge in [-0.15, -0.1) is 0 Å². The van der Waals surface area contributed by atoms with Gasteiger partial charge in [-0.3, -0.25) is 15.0 Å². The van der Waals surface area contributed by atoms with Crippen LogP contribution in [0.3, 0.4) is 0 Å². The normalized spacial score (nSPS) is 30.7. The Hall–Kier alpha value is -0.660. The Labute approximate surface area is 114 Å². The van der Waals surface area contributed by atoms with Crippen molar-refractivity contribution in [3.05, 3.63) is 0 Å². The Bertz CT molecular complexity index is 461. The second-order valence-electron chi connectivity index (χ2n) is 6.05. The van der Waals surface area contributed by atoms with E-state index in [1.807, 2.05) is 18.7 Å². The molecule has 1 saturated carbocycles. The van der Waals surface area contributed by atoms with Crippen molar-refractivity contribution in [1.29, 1.82) is 0 Å². The summed E-state index contributed by atoms with van der Waals surface area (Å²) >= 11 is 0. The minimum Gasteiger partial charge on any atom is -0.368 e. The number of nitrogens with two attached hydrogens (primary N) is 1. The number of carbonyl (C=O) groups excluding carboxylic acids is 1. The molecule has 2 rings (SSSR count). The van der Waals surface area contributed by atoms with Crippen LogP contribution in [0.2, 0.25) is 0 Å². The smallest absolute Gasteiger partial charge is 0.238 e. The summed E-state index contributed by atoms with van der Waals surface area (Å²) in [5, 5.41) is 3.29. The van der Waals surface area contributed by atoms with Crippen LogP contribution < -0.4 is 11.1 Å². The first-order valence-electron chi connectivity index (χ1n) is 6.74. The molecule has 110 valence electrons. The van der Waals surface area contributed by atoms with Crippen molar-refractivity contribution in [1.82, 2.24) is 10.2 Å². The fourth-order valence-corrected chi connectivity index (χ4v) is 4.17. The van der Waals surface area contributed by atoms with Gasteiger partial charge in [0.15, 0.2) is 9.84 Å². The van der Waals surface area contributed by atoms with Gasteiger partial charge in [-0.1, -0.05) is 0 Å². The standard InChI is InChI=1S/C12H23N3O3S/c1-9-7-19(17,18)6-5-15(9)8-12(2,11(13)16)14-10-3-4-10/h9-10,14H,3-8H2,1-2H3,(H2,13,16). The Balaban J connectivity index is 2.03. The van der Waals surface area contributed by atoms with Gasteiger partial charge >= 0.3 is 0 Å². The van der Waals surface area contributed by atoms with Crippen LogP contribution in [0.4, 0.5) is 0 Å². The van der Waals surface area contributed by atoms with Gasteiger partial charge in [-0.05, 0) is 26.7 Å². The van der Waals surface area contributed by atoms with Gasteiger partial charge in [0.05, 0.1) is 11.5 Å². The summed E-state index contributed by atoms with van der Waals surface area (Å²) in [5.41, 5.74) is 4.74. The van der Waals surface area contributed by atoms with E-state index in [1.165, 1.54) is 0 Å². The second-order valence-corrected chi connectivity index (χ2v) is 8.28. The van der Waals surface area contributed by atoms with Crippen molar-refractivity contribution in [3.63, 3.8) is 0 Å². The van der Waals surface area contributed by atoms with Gasteiger partial charge < -0.3 is 5.73 Å². The number of hydrogen-bond acceptors (Lipinski definition) is 5. The van der Waals surface area contributed by atoms with E-state index >= 15 is 0 Å². The Kier molecular flexibility index (Phi) is 3.90. The van der Waals surface area contributed by atoms with Gasteiger partial charge in [0.2, 0.25) is 5.91 Å². The highest BCUT2D eigenvalue weighted by molar-refractivity contribution is 7.91. The predicted molar refractivity (Wildman–Crippen MR) is 73.4 cm³/mol. The van der Waals surface area contributed by atoms with E-state index in [-0.39, 0.29) is 23.5 Å². The van der Waals surface area contributed by atoms with E-state index in [1.54, 1.807) is 0 Å². The number of sulfone groups is 1. The molecule has 0 bridgehead atoms. The van der Waals surface area contributed by atoms with E-state index in [0.717, 1.165) is 12.8 Å². The van der Waals surface area contributed by atoms with Crippen LogP contribution in [0.25, 0.3) is 0 Å². The third-order valence-electron chi connectivity index (χ3n) is 3.97. The molecule has 3 N–H and O–H groups in total. The van der Waals surface area contributed by atoms with E-state index < -0.39 is 15.4 Å². The van der Waals surface area contributed by atoms with Crippen LogP contribution in [0.15, 0.2) is 0 Å². The summed E-state index contributed by atoms with van der Waals surface area (Å²) in [6.45, 7) is 4.63. The van der Waals surface area contributed by atoms with Gasteiger partial charge in [0.25, 0.3) is 0 Å². The first-order valence-corrected chi connectivity index (χ1v) is 8.56. The van der Waals surface area contributed by atoms with E-state index in [0.29, 0.717) is 19.1 Å². The molecule has 0 aromatic carbocycles. The Morgan fingerprint density at radius 3 is 2.58 bits per heavy atom. The van der Waals surface area contributed by atoms with Gasteiger partial charge in [0.1, 0.15) is 5.54 Å². The van der Waals surface area contributed by atoms with Crippen LogP contribution >= 0.6 is 0 Å². The average Bonchev–Trinajstić information content (AvgIpc) is 3.05. The summed E-state index contributed by atoms with van der Waals surface area (Å²) in [4.78, 5) is 13.7. The van der Waals surface area contributed by atoms with Crippen molar-refractivity contribution < 1.29 is 13.2 Å². The Morgan fingerprint density at radius 1 is 1.47 bits per heavy atom. The summed E-state index contributed by atoms with van der Waals surface area (Å²) in [6, 6.07) is 0.305. The maximum Gasteiger partial charge on any atom is 0.238 e. The molecule has 0 spiro atoms. The number of primary amides is 1. The minimum atomic E-state index is -2.93. The van der Waals surface area contributed by atoms with Crippen molar-refractivity contribution in [2.24, 2.45) is 5.73 Å². The zero-order chi connectivity index (χ0) is 14.3. The topological polar surface area (TPSA) is 92.5 Å². The molecule has 2 atom stereocenters. The maximum atomic E-state index is 11.7. The molecule has 0 aromatic rings. The van der Waals surface area contributed by atoms with E-state index in [9.17, 15) is 13.2 Å². The molecule has 7 heteroatoms. The largest absolute Gasteiger partial charge is 0.368 e. The molecule has 1 heterocycles. The molecule has 0 radical (unpaired) electrons. The van der Waals surface area contributed by atoms with Gasteiger partial charge in [0, 0.05) is 25.2 Å². The molecule has 1 aliphatic heterocycles. The van der Waals surface area contributed by atoms with Crippen LogP contribution in [-0.2, 0) is 14.6 Å².